The summed E-state index contributed by atoms with van der Waals surface area (Å²) in [6, 6.07) is 6.51. The molecule has 27 heavy (non-hydrogen) atoms. The Bertz CT molecular complexity index is 944. The number of halogens is 1. The lowest BCUT2D eigenvalue weighted by Crippen LogP contribution is -2.31. The van der Waals surface area contributed by atoms with E-state index in [2.05, 4.69) is 35.6 Å². The molecule has 0 atom stereocenters. The summed E-state index contributed by atoms with van der Waals surface area (Å²) in [5, 5.41) is 0.931. The fourth-order valence-electron chi connectivity index (χ4n) is 3.20. The summed E-state index contributed by atoms with van der Waals surface area (Å²) in [5.41, 5.74) is 3.34. The van der Waals surface area contributed by atoms with Crippen LogP contribution < -0.4 is 0 Å². The Balaban J connectivity index is 1.45. The fourth-order valence-corrected chi connectivity index (χ4v) is 4.16. The van der Waals surface area contributed by atoms with Crippen molar-refractivity contribution in [2.45, 2.75) is 45.7 Å². The lowest BCUT2D eigenvalue weighted by molar-refractivity contribution is 0.244. The first-order chi connectivity index (χ1) is 12.9. The maximum absolute atomic E-state index is 13.1. The number of benzene rings is 1. The van der Waals surface area contributed by atoms with Gasteiger partial charge in [0.25, 0.3) is 0 Å². The minimum absolute atomic E-state index is 0.0223. The van der Waals surface area contributed by atoms with Crippen LogP contribution in [0.5, 0.6) is 0 Å². The summed E-state index contributed by atoms with van der Waals surface area (Å²) >= 11 is 1.67. The minimum Gasteiger partial charge on any atom is -0.293 e. The predicted molar refractivity (Wildman–Crippen MR) is 106 cm³/mol. The van der Waals surface area contributed by atoms with Crippen molar-refractivity contribution in [3.8, 4) is 10.6 Å². The van der Waals surface area contributed by atoms with Gasteiger partial charge in [-0.3, -0.25) is 4.90 Å². The SMILES string of the molecule is CC(C)(C)c1ncc2c(n1)CCN(Cc1cnc(-c3ccc(F)cc3)s1)C2. The second kappa shape index (κ2) is 7.09. The second-order valence-corrected chi connectivity index (χ2v) is 9.13. The normalized spacial score (nSPS) is 15.0. The van der Waals surface area contributed by atoms with E-state index in [9.17, 15) is 4.39 Å². The number of fused-ring (bicyclic) bond motifs is 1. The molecule has 0 bridgehead atoms. The molecule has 140 valence electrons. The Labute approximate surface area is 163 Å². The van der Waals surface area contributed by atoms with Crippen molar-refractivity contribution < 1.29 is 4.39 Å². The molecule has 0 saturated heterocycles. The summed E-state index contributed by atoms with van der Waals surface area (Å²) in [4.78, 5) is 17.5. The quantitative estimate of drug-likeness (QED) is 0.664. The molecule has 0 amide bonds. The van der Waals surface area contributed by atoms with Crippen molar-refractivity contribution in [2.75, 3.05) is 6.54 Å². The van der Waals surface area contributed by atoms with Gasteiger partial charge in [0.1, 0.15) is 16.6 Å². The summed E-state index contributed by atoms with van der Waals surface area (Å²) in [7, 11) is 0. The second-order valence-electron chi connectivity index (χ2n) is 8.01. The molecule has 6 heteroatoms. The fraction of sp³-hybridized carbons (Fsp3) is 0.381. The van der Waals surface area contributed by atoms with Gasteiger partial charge in [-0.2, -0.15) is 0 Å². The molecular formula is C21H23FN4S. The largest absolute Gasteiger partial charge is 0.293 e. The molecule has 0 fully saturated rings. The van der Waals surface area contributed by atoms with E-state index in [1.54, 1.807) is 23.5 Å². The maximum Gasteiger partial charge on any atom is 0.133 e. The van der Waals surface area contributed by atoms with Crippen molar-refractivity contribution in [3.63, 3.8) is 0 Å². The van der Waals surface area contributed by atoms with Crippen molar-refractivity contribution >= 4 is 11.3 Å². The number of hydrogen-bond donors (Lipinski definition) is 0. The van der Waals surface area contributed by atoms with Crippen LogP contribution in [-0.2, 0) is 24.9 Å². The van der Waals surface area contributed by atoms with Crippen LogP contribution in [0.1, 0.15) is 42.7 Å². The van der Waals surface area contributed by atoms with E-state index in [4.69, 9.17) is 4.98 Å². The average molecular weight is 383 g/mol. The molecular weight excluding hydrogens is 359 g/mol. The van der Waals surface area contributed by atoms with Gasteiger partial charge in [-0.15, -0.1) is 11.3 Å². The third-order valence-electron chi connectivity index (χ3n) is 4.71. The Hall–Kier alpha value is -2.18. The predicted octanol–water partition coefficient (Wildman–Crippen LogP) is 4.60. The van der Waals surface area contributed by atoms with E-state index < -0.39 is 0 Å². The molecule has 3 aromatic rings. The Kier molecular flexibility index (Phi) is 4.78. The zero-order valence-corrected chi connectivity index (χ0v) is 16.7. The number of rotatable bonds is 3. The highest BCUT2D eigenvalue weighted by Crippen LogP contribution is 2.28. The molecule has 0 unspecified atom stereocenters. The number of nitrogens with zero attached hydrogens (tertiary/aromatic N) is 4. The molecule has 1 aliphatic heterocycles. The van der Waals surface area contributed by atoms with Crippen LogP contribution in [0.3, 0.4) is 0 Å². The third-order valence-corrected chi connectivity index (χ3v) is 5.74. The Morgan fingerprint density at radius 1 is 1.11 bits per heavy atom. The first-order valence-corrected chi connectivity index (χ1v) is 9.98. The van der Waals surface area contributed by atoms with Gasteiger partial charge in [0.05, 0.1) is 0 Å². The highest BCUT2D eigenvalue weighted by atomic mass is 32.1. The molecule has 0 radical (unpaired) electrons. The topological polar surface area (TPSA) is 41.9 Å². The van der Waals surface area contributed by atoms with E-state index in [0.29, 0.717) is 0 Å². The molecule has 0 N–H and O–H groups in total. The summed E-state index contributed by atoms with van der Waals surface area (Å²) in [5.74, 6) is 0.695. The van der Waals surface area contributed by atoms with Crippen molar-refractivity contribution in [3.05, 3.63) is 64.4 Å². The highest BCUT2D eigenvalue weighted by Gasteiger charge is 2.23. The van der Waals surface area contributed by atoms with Crippen LogP contribution in [0, 0.1) is 5.82 Å². The lowest BCUT2D eigenvalue weighted by Gasteiger charge is -2.28. The van der Waals surface area contributed by atoms with E-state index in [-0.39, 0.29) is 11.2 Å². The van der Waals surface area contributed by atoms with Crippen LogP contribution in [0.2, 0.25) is 0 Å². The van der Waals surface area contributed by atoms with Crippen LogP contribution >= 0.6 is 11.3 Å². The van der Waals surface area contributed by atoms with E-state index in [1.807, 2.05) is 12.4 Å². The van der Waals surface area contributed by atoms with Gasteiger partial charge in [0, 0.05) is 65.6 Å². The summed E-state index contributed by atoms with van der Waals surface area (Å²) in [6.07, 6.45) is 4.87. The first-order valence-electron chi connectivity index (χ1n) is 9.17. The van der Waals surface area contributed by atoms with Crippen LogP contribution in [-0.4, -0.2) is 26.4 Å². The van der Waals surface area contributed by atoms with E-state index >= 15 is 0 Å². The molecule has 0 aliphatic carbocycles. The third kappa shape index (κ3) is 4.06. The van der Waals surface area contributed by atoms with Gasteiger partial charge >= 0.3 is 0 Å². The minimum atomic E-state index is -0.223. The van der Waals surface area contributed by atoms with Gasteiger partial charge in [-0.05, 0) is 24.3 Å². The Morgan fingerprint density at radius 2 is 1.89 bits per heavy atom. The maximum atomic E-state index is 13.1. The smallest absolute Gasteiger partial charge is 0.133 e. The molecule has 0 saturated carbocycles. The Morgan fingerprint density at radius 3 is 2.63 bits per heavy atom. The summed E-state index contributed by atoms with van der Waals surface area (Å²) < 4.78 is 13.1. The number of aromatic nitrogens is 3. The molecule has 1 aromatic carbocycles. The molecule has 4 rings (SSSR count). The molecule has 0 spiro atoms. The van der Waals surface area contributed by atoms with Gasteiger partial charge in [-0.1, -0.05) is 20.8 Å². The molecule has 2 aromatic heterocycles. The monoisotopic (exact) mass is 382 g/mol. The van der Waals surface area contributed by atoms with Gasteiger partial charge in [-0.25, -0.2) is 19.3 Å². The zero-order chi connectivity index (χ0) is 19.0. The van der Waals surface area contributed by atoms with Gasteiger partial charge < -0.3 is 0 Å². The van der Waals surface area contributed by atoms with E-state index in [1.165, 1.54) is 28.3 Å². The van der Waals surface area contributed by atoms with Crippen LogP contribution in [0.15, 0.2) is 36.7 Å². The number of hydrogen-bond acceptors (Lipinski definition) is 5. The summed E-state index contributed by atoms with van der Waals surface area (Å²) in [6.45, 7) is 9.14. The molecule has 4 nitrogen and oxygen atoms in total. The standard InChI is InChI=1S/C21H23FN4S/c1-21(2,3)20-24-10-15-12-26(9-8-18(15)25-20)13-17-11-23-19(27-17)14-4-6-16(22)7-5-14/h4-7,10-11H,8-9,12-13H2,1-3H3. The van der Waals surface area contributed by atoms with Crippen molar-refractivity contribution in [1.29, 1.82) is 0 Å². The zero-order valence-electron chi connectivity index (χ0n) is 15.9. The number of thiazole rings is 1. The van der Waals surface area contributed by atoms with Gasteiger partial charge in [0.2, 0.25) is 0 Å². The lowest BCUT2D eigenvalue weighted by atomic mass is 9.95. The first kappa shape index (κ1) is 18.2. The van der Waals surface area contributed by atoms with E-state index in [0.717, 1.165) is 42.5 Å². The van der Waals surface area contributed by atoms with Crippen LogP contribution in [0.25, 0.3) is 10.6 Å². The van der Waals surface area contributed by atoms with Crippen molar-refractivity contribution in [1.82, 2.24) is 19.9 Å². The van der Waals surface area contributed by atoms with Crippen molar-refractivity contribution in [2.24, 2.45) is 0 Å². The molecule has 3 heterocycles. The molecule has 1 aliphatic rings. The van der Waals surface area contributed by atoms with Crippen LogP contribution in [0.4, 0.5) is 4.39 Å². The highest BCUT2D eigenvalue weighted by molar-refractivity contribution is 7.15. The average Bonchev–Trinajstić information content (AvgIpc) is 3.09. The van der Waals surface area contributed by atoms with Gasteiger partial charge in [0.15, 0.2) is 0 Å².